The summed E-state index contributed by atoms with van der Waals surface area (Å²) in [6.07, 6.45) is 4.62. The second-order valence-corrected chi connectivity index (χ2v) is 9.11. The molecular formula is C26H32N2O3. The molecule has 0 radical (unpaired) electrons. The van der Waals surface area contributed by atoms with E-state index < -0.39 is 0 Å². The van der Waals surface area contributed by atoms with Crippen molar-refractivity contribution < 1.29 is 14.3 Å². The van der Waals surface area contributed by atoms with Crippen LogP contribution in [-0.2, 0) is 4.79 Å². The quantitative estimate of drug-likeness (QED) is 0.657. The van der Waals surface area contributed by atoms with Crippen molar-refractivity contribution in [3.8, 4) is 11.5 Å². The van der Waals surface area contributed by atoms with Gasteiger partial charge < -0.3 is 14.4 Å². The third-order valence-electron chi connectivity index (χ3n) is 6.88. The third kappa shape index (κ3) is 4.57. The number of ether oxygens (including phenoxy) is 2. The maximum atomic E-state index is 13.5. The van der Waals surface area contributed by atoms with Crippen molar-refractivity contribution in [3.05, 3.63) is 59.7 Å². The van der Waals surface area contributed by atoms with Gasteiger partial charge in [-0.2, -0.15) is 0 Å². The first kappa shape index (κ1) is 20.4. The minimum atomic E-state index is 0.123. The van der Waals surface area contributed by atoms with E-state index in [1.54, 1.807) is 0 Å². The Labute approximate surface area is 184 Å². The van der Waals surface area contributed by atoms with Crippen LogP contribution in [0.4, 0.5) is 0 Å². The second kappa shape index (κ2) is 8.91. The minimum Gasteiger partial charge on any atom is -0.486 e. The molecule has 5 heteroatoms. The topological polar surface area (TPSA) is 42.0 Å². The Kier molecular flexibility index (Phi) is 5.86. The Balaban J connectivity index is 1.31. The smallest absolute Gasteiger partial charge is 0.237 e. The van der Waals surface area contributed by atoms with Gasteiger partial charge in [-0.3, -0.25) is 9.69 Å². The van der Waals surface area contributed by atoms with Gasteiger partial charge in [-0.1, -0.05) is 36.4 Å². The van der Waals surface area contributed by atoms with Crippen molar-refractivity contribution in [1.29, 1.82) is 0 Å². The Morgan fingerprint density at radius 1 is 1.06 bits per heavy atom. The highest BCUT2D eigenvalue weighted by molar-refractivity contribution is 5.79. The monoisotopic (exact) mass is 420 g/mol. The fourth-order valence-corrected chi connectivity index (χ4v) is 4.88. The van der Waals surface area contributed by atoms with E-state index >= 15 is 0 Å². The summed E-state index contributed by atoms with van der Waals surface area (Å²) in [4.78, 5) is 18.0. The van der Waals surface area contributed by atoms with Gasteiger partial charge in [-0.15, -0.1) is 0 Å². The summed E-state index contributed by atoms with van der Waals surface area (Å²) >= 11 is 0. The number of nitrogens with zero attached hydrogens (tertiary/aromatic N) is 2. The SMILES string of the molecule is CC(c1ccccc1)N(CC(=O)N1CCCC1c1ccc2c(c1)OCCO2)CC1CC1. The van der Waals surface area contributed by atoms with Gasteiger partial charge in [-0.25, -0.2) is 0 Å². The molecule has 2 aliphatic heterocycles. The first-order chi connectivity index (χ1) is 15.2. The number of fused-ring (bicyclic) bond motifs is 1. The fourth-order valence-electron chi connectivity index (χ4n) is 4.88. The summed E-state index contributed by atoms with van der Waals surface area (Å²) in [7, 11) is 0. The molecule has 31 heavy (non-hydrogen) atoms. The summed E-state index contributed by atoms with van der Waals surface area (Å²) in [5, 5.41) is 0. The lowest BCUT2D eigenvalue weighted by Gasteiger charge is -2.33. The summed E-state index contributed by atoms with van der Waals surface area (Å²) in [5.74, 6) is 2.58. The number of hydrogen-bond acceptors (Lipinski definition) is 4. The highest BCUT2D eigenvalue weighted by Gasteiger charge is 2.34. The van der Waals surface area contributed by atoms with E-state index in [2.05, 4.69) is 59.2 Å². The lowest BCUT2D eigenvalue weighted by molar-refractivity contribution is -0.134. The molecule has 2 atom stereocenters. The molecule has 2 aromatic rings. The number of carbonyl (C=O) groups is 1. The summed E-state index contributed by atoms with van der Waals surface area (Å²) in [6, 6.07) is 17.1. The van der Waals surface area contributed by atoms with Crippen molar-refractivity contribution in [2.75, 3.05) is 32.8 Å². The third-order valence-corrected chi connectivity index (χ3v) is 6.88. The molecule has 0 N–H and O–H groups in total. The number of carbonyl (C=O) groups excluding carboxylic acids is 1. The van der Waals surface area contributed by atoms with Crippen LogP contribution >= 0.6 is 0 Å². The standard InChI is InChI=1S/C26H32N2O3/c1-19(21-6-3-2-4-7-21)27(17-20-9-10-20)18-26(29)28-13-5-8-23(28)22-11-12-24-25(16-22)31-15-14-30-24/h2-4,6-7,11-12,16,19-20,23H,5,8-10,13-15,17-18H2,1H3. The van der Waals surface area contributed by atoms with E-state index in [0.717, 1.165) is 48.9 Å². The molecular weight excluding hydrogens is 388 g/mol. The first-order valence-electron chi connectivity index (χ1n) is 11.7. The van der Waals surface area contributed by atoms with Crippen LogP contribution in [0.5, 0.6) is 11.5 Å². The van der Waals surface area contributed by atoms with Crippen LogP contribution in [0.15, 0.2) is 48.5 Å². The van der Waals surface area contributed by atoms with Gasteiger partial charge in [0.2, 0.25) is 5.91 Å². The number of benzene rings is 2. The maximum absolute atomic E-state index is 13.5. The zero-order valence-electron chi connectivity index (χ0n) is 18.3. The zero-order chi connectivity index (χ0) is 21.2. The van der Waals surface area contributed by atoms with Crippen LogP contribution in [0.3, 0.4) is 0 Å². The predicted octanol–water partition coefficient (Wildman–Crippen LogP) is 4.59. The predicted molar refractivity (Wildman–Crippen MR) is 120 cm³/mol. The Morgan fingerprint density at radius 3 is 2.61 bits per heavy atom. The molecule has 5 rings (SSSR count). The second-order valence-electron chi connectivity index (χ2n) is 9.11. The maximum Gasteiger partial charge on any atom is 0.237 e. The Hall–Kier alpha value is -2.53. The summed E-state index contributed by atoms with van der Waals surface area (Å²) in [5.41, 5.74) is 2.43. The van der Waals surface area contributed by atoms with Crippen molar-refractivity contribution in [2.45, 2.75) is 44.7 Å². The number of likely N-dealkylation sites (tertiary alicyclic amines) is 1. The molecule has 1 amide bonds. The largest absolute Gasteiger partial charge is 0.486 e. The molecule has 1 saturated heterocycles. The van der Waals surface area contributed by atoms with E-state index in [1.165, 1.54) is 18.4 Å². The number of rotatable bonds is 7. The van der Waals surface area contributed by atoms with Gasteiger partial charge in [0.05, 0.1) is 12.6 Å². The van der Waals surface area contributed by atoms with Gasteiger partial charge in [-0.05, 0) is 61.8 Å². The van der Waals surface area contributed by atoms with Crippen LogP contribution in [0.2, 0.25) is 0 Å². The number of amides is 1. The van der Waals surface area contributed by atoms with E-state index in [9.17, 15) is 4.79 Å². The highest BCUT2D eigenvalue weighted by Crippen LogP contribution is 2.39. The molecule has 0 aromatic heterocycles. The van der Waals surface area contributed by atoms with E-state index in [0.29, 0.717) is 19.8 Å². The highest BCUT2D eigenvalue weighted by atomic mass is 16.6. The van der Waals surface area contributed by atoms with Gasteiger partial charge in [0.15, 0.2) is 11.5 Å². The summed E-state index contributed by atoms with van der Waals surface area (Å²) in [6.45, 7) is 5.72. The summed E-state index contributed by atoms with van der Waals surface area (Å²) < 4.78 is 11.4. The van der Waals surface area contributed by atoms with Crippen LogP contribution in [0.25, 0.3) is 0 Å². The van der Waals surface area contributed by atoms with Crippen LogP contribution in [0, 0.1) is 5.92 Å². The van der Waals surface area contributed by atoms with Crippen molar-refractivity contribution in [2.24, 2.45) is 5.92 Å². The molecule has 0 spiro atoms. The van der Waals surface area contributed by atoms with Crippen molar-refractivity contribution in [1.82, 2.24) is 9.80 Å². The van der Waals surface area contributed by atoms with E-state index in [4.69, 9.17) is 9.47 Å². The zero-order valence-corrected chi connectivity index (χ0v) is 18.3. The lowest BCUT2D eigenvalue weighted by atomic mass is 10.0. The van der Waals surface area contributed by atoms with Gasteiger partial charge in [0.25, 0.3) is 0 Å². The van der Waals surface area contributed by atoms with Crippen LogP contribution < -0.4 is 9.47 Å². The van der Waals surface area contributed by atoms with E-state index in [1.807, 2.05) is 6.07 Å². The minimum absolute atomic E-state index is 0.123. The van der Waals surface area contributed by atoms with E-state index in [-0.39, 0.29) is 18.0 Å². The van der Waals surface area contributed by atoms with Gasteiger partial charge in [0.1, 0.15) is 13.2 Å². The molecule has 2 aromatic carbocycles. The molecule has 2 heterocycles. The molecule has 1 saturated carbocycles. The Morgan fingerprint density at radius 2 is 1.84 bits per heavy atom. The molecule has 5 nitrogen and oxygen atoms in total. The molecule has 164 valence electrons. The number of hydrogen-bond donors (Lipinski definition) is 0. The first-order valence-corrected chi connectivity index (χ1v) is 11.7. The average Bonchev–Trinajstić information content (AvgIpc) is 3.49. The molecule has 2 unspecified atom stereocenters. The van der Waals surface area contributed by atoms with Gasteiger partial charge >= 0.3 is 0 Å². The molecule has 3 aliphatic rings. The van der Waals surface area contributed by atoms with Crippen LogP contribution in [-0.4, -0.2) is 48.6 Å². The van der Waals surface area contributed by atoms with Gasteiger partial charge in [0, 0.05) is 19.1 Å². The molecule has 2 fully saturated rings. The lowest BCUT2D eigenvalue weighted by Crippen LogP contribution is -2.41. The average molecular weight is 421 g/mol. The molecule has 1 aliphatic carbocycles. The molecule has 0 bridgehead atoms. The van der Waals surface area contributed by atoms with Crippen LogP contribution in [0.1, 0.15) is 55.8 Å². The Bertz CT molecular complexity index is 912. The van der Waals surface area contributed by atoms with Crippen molar-refractivity contribution >= 4 is 5.91 Å². The van der Waals surface area contributed by atoms with Crippen molar-refractivity contribution in [3.63, 3.8) is 0 Å². The fraction of sp³-hybridized carbons (Fsp3) is 0.500. The normalized spacial score (nSPS) is 21.4.